The maximum absolute atomic E-state index is 12.2. The van der Waals surface area contributed by atoms with Crippen molar-refractivity contribution in [3.8, 4) is 0 Å². The van der Waals surface area contributed by atoms with E-state index < -0.39 is 31.0 Å². The molecule has 0 aromatic rings. The molecule has 0 unspecified atom stereocenters. The molecule has 0 bridgehead atoms. The van der Waals surface area contributed by atoms with Gasteiger partial charge >= 0.3 is 54.2 Å². The number of carbonyl (C=O) groups is 1. The van der Waals surface area contributed by atoms with E-state index in [1.165, 1.54) is 0 Å². The van der Waals surface area contributed by atoms with Gasteiger partial charge in [-0.15, -0.1) is 13.2 Å². The van der Waals surface area contributed by atoms with Crippen LogP contribution in [-0.2, 0) is 14.3 Å². The molecule has 0 heterocycles. The Morgan fingerprint density at radius 2 is 1.06 bits per heavy atom. The van der Waals surface area contributed by atoms with Gasteiger partial charge in [0.2, 0.25) is 6.29 Å². The van der Waals surface area contributed by atoms with Gasteiger partial charge in [0.05, 0.1) is 0 Å². The van der Waals surface area contributed by atoms with Gasteiger partial charge in [0.25, 0.3) is 0 Å². The Kier molecular flexibility index (Phi) is 6.70. The zero-order chi connectivity index (χ0) is 14.1. The topological polar surface area (TPSA) is 35.5 Å². The number of hydrogen-bond acceptors (Lipinski definition) is 3. The summed E-state index contributed by atoms with van der Waals surface area (Å²) < 4.78 is 110. The number of alkyl halides is 9. The third kappa shape index (κ3) is 6.22. The molecule has 0 fully saturated rings. The molecule has 0 aromatic carbocycles. The van der Waals surface area contributed by atoms with E-state index in [1.54, 1.807) is 4.74 Å². The standard InChI is InChI=1S/C5HF9O3.Na.H/c6-2(7,1-15)16-3(8,9)4(10,11)17-5(12,13)14;;/h1H;;. The number of aldehydes is 1. The summed E-state index contributed by atoms with van der Waals surface area (Å²) in [7, 11) is 0. The van der Waals surface area contributed by atoms with E-state index in [1.807, 2.05) is 4.74 Å². The van der Waals surface area contributed by atoms with Crippen LogP contribution in [0.5, 0.6) is 0 Å². The first kappa shape index (κ1) is 20.3. The fourth-order valence-corrected chi connectivity index (χ4v) is 0.459. The Morgan fingerprint density at radius 1 is 0.722 bits per heavy atom. The Labute approximate surface area is 114 Å². The molecule has 3 nitrogen and oxygen atoms in total. The Balaban J connectivity index is 0. The maximum atomic E-state index is 12.2. The number of rotatable bonds is 5. The average molecular weight is 304 g/mol. The molecule has 0 aliphatic rings. The Hall–Kier alpha value is -0.0400. The molecule has 104 valence electrons. The molecule has 0 rings (SSSR count). The molecule has 0 aliphatic heterocycles. The van der Waals surface area contributed by atoms with Crippen LogP contribution >= 0.6 is 0 Å². The van der Waals surface area contributed by atoms with Gasteiger partial charge < -0.3 is 0 Å². The van der Waals surface area contributed by atoms with Crippen LogP contribution in [0, 0.1) is 0 Å². The number of ether oxygens (including phenoxy) is 2. The summed E-state index contributed by atoms with van der Waals surface area (Å²) in [6, 6.07) is 0. The summed E-state index contributed by atoms with van der Waals surface area (Å²) in [4.78, 5) is 9.40. The van der Waals surface area contributed by atoms with Gasteiger partial charge in [-0.1, -0.05) is 0 Å². The molecule has 13 heteroatoms. The van der Waals surface area contributed by atoms with Crippen molar-refractivity contribution < 1.29 is 53.8 Å². The van der Waals surface area contributed by atoms with Crippen LogP contribution in [0.25, 0.3) is 0 Å². The van der Waals surface area contributed by atoms with E-state index in [2.05, 4.69) is 0 Å². The van der Waals surface area contributed by atoms with Crippen molar-refractivity contribution in [2.24, 2.45) is 0 Å². The average Bonchev–Trinajstić information content (AvgIpc) is 1.97. The van der Waals surface area contributed by atoms with Crippen LogP contribution in [0.15, 0.2) is 0 Å². The van der Waals surface area contributed by atoms with Gasteiger partial charge in [0.15, 0.2) is 0 Å². The van der Waals surface area contributed by atoms with Crippen molar-refractivity contribution in [1.82, 2.24) is 0 Å². The summed E-state index contributed by atoms with van der Waals surface area (Å²) in [5, 5.41) is 0. The molecular weight excluding hydrogens is 302 g/mol. The van der Waals surface area contributed by atoms with Crippen molar-refractivity contribution in [2.75, 3.05) is 0 Å². The van der Waals surface area contributed by atoms with Crippen LogP contribution in [0.1, 0.15) is 0 Å². The van der Waals surface area contributed by atoms with Crippen LogP contribution in [0.4, 0.5) is 39.5 Å². The van der Waals surface area contributed by atoms with E-state index in [-0.39, 0.29) is 29.6 Å². The minimum atomic E-state index is -6.43. The quantitative estimate of drug-likeness (QED) is 0.442. The molecule has 0 saturated carbocycles. The second-order valence-corrected chi connectivity index (χ2v) is 2.36. The van der Waals surface area contributed by atoms with Crippen LogP contribution in [-0.4, -0.2) is 60.5 Å². The predicted molar refractivity (Wildman–Crippen MR) is 36.3 cm³/mol. The fraction of sp³-hybridized carbons (Fsp3) is 0.800. The van der Waals surface area contributed by atoms with Crippen molar-refractivity contribution in [1.29, 1.82) is 0 Å². The molecule has 0 N–H and O–H groups in total. The third-order valence-corrected chi connectivity index (χ3v) is 0.984. The molecule has 0 aliphatic carbocycles. The molecule has 0 spiro atoms. The fourth-order valence-electron chi connectivity index (χ4n) is 0.459. The van der Waals surface area contributed by atoms with Gasteiger partial charge in [0, 0.05) is 0 Å². The normalized spacial score (nSPS) is 14.1. The SMILES string of the molecule is O=CC(F)(F)OC(F)(F)C(F)(F)OC(F)(F)F.[NaH]. The van der Waals surface area contributed by atoms with Crippen LogP contribution in [0.3, 0.4) is 0 Å². The first-order valence-electron chi connectivity index (χ1n) is 3.29. The molecular formula is C5H2F9NaO3. The first-order valence-corrected chi connectivity index (χ1v) is 3.29. The molecule has 18 heavy (non-hydrogen) atoms. The van der Waals surface area contributed by atoms with E-state index in [9.17, 15) is 44.3 Å². The van der Waals surface area contributed by atoms with Gasteiger partial charge in [0.1, 0.15) is 0 Å². The van der Waals surface area contributed by atoms with Crippen LogP contribution < -0.4 is 0 Å². The Morgan fingerprint density at radius 3 is 1.33 bits per heavy atom. The molecule has 0 aromatic heterocycles. The van der Waals surface area contributed by atoms with Gasteiger partial charge in [-0.25, -0.2) is 9.47 Å². The monoisotopic (exact) mass is 304 g/mol. The van der Waals surface area contributed by atoms with E-state index in [4.69, 9.17) is 0 Å². The molecule has 0 amide bonds. The summed E-state index contributed by atoms with van der Waals surface area (Å²) in [5.74, 6) is 0. The summed E-state index contributed by atoms with van der Waals surface area (Å²) in [5.41, 5.74) is 0. The second-order valence-electron chi connectivity index (χ2n) is 2.36. The van der Waals surface area contributed by atoms with E-state index >= 15 is 0 Å². The number of halogens is 9. The van der Waals surface area contributed by atoms with Gasteiger partial charge in [-0.05, 0) is 0 Å². The van der Waals surface area contributed by atoms with Crippen molar-refractivity contribution >= 4 is 35.8 Å². The molecule has 0 saturated heterocycles. The minimum absolute atomic E-state index is 0. The summed E-state index contributed by atoms with van der Waals surface area (Å²) >= 11 is 0. The van der Waals surface area contributed by atoms with Gasteiger partial charge in [-0.3, -0.25) is 4.79 Å². The van der Waals surface area contributed by atoms with Crippen LogP contribution in [0.2, 0.25) is 0 Å². The zero-order valence-electron chi connectivity index (χ0n) is 7.20. The predicted octanol–water partition coefficient (Wildman–Crippen LogP) is 1.87. The van der Waals surface area contributed by atoms with Crippen molar-refractivity contribution in [3.63, 3.8) is 0 Å². The van der Waals surface area contributed by atoms with Crippen molar-refractivity contribution in [3.05, 3.63) is 0 Å². The third-order valence-electron chi connectivity index (χ3n) is 0.984. The zero-order valence-corrected chi connectivity index (χ0v) is 7.20. The second kappa shape index (κ2) is 5.94. The first-order chi connectivity index (χ1) is 7.22. The van der Waals surface area contributed by atoms with Gasteiger partial charge in [-0.2, -0.15) is 26.3 Å². The number of hydrogen-bond donors (Lipinski definition) is 0. The Bertz CT molecular complexity index is 288. The number of carbonyl (C=O) groups excluding carboxylic acids is 1. The van der Waals surface area contributed by atoms with E-state index in [0.29, 0.717) is 0 Å². The molecule has 0 radical (unpaired) electrons. The van der Waals surface area contributed by atoms with E-state index in [0.717, 1.165) is 0 Å². The van der Waals surface area contributed by atoms with Crippen molar-refractivity contribution in [2.45, 2.75) is 24.7 Å². The summed E-state index contributed by atoms with van der Waals surface area (Å²) in [6.45, 7) is 0. The summed E-state index contributed by atoms with van der Waals surface area (Å²) in [6.07, 6.45) is -26.0. The molecule has 0 atom stereocenters.